The molecule has 0 aliphatic carbocycles. The molecule has 1 amide bonds. The minimum atomic E-state index is -0.0909. The summed E-state index contributed by atoms with van der Waals surface area (Å²) in [5.41, 5.74) is 1.61. The zero-order chi connectivity index (χ0) is 21.8. The van der Waals surface area contributed by atoms with Crippen molar-refractivity contribution in [3.63, 3.8) is 0 Å². The fourth-order valence-electron chi connectivity index (χ4n) is 3.67. The average Bonchev–Trinajstić information content (AvgIpc) is 2.75. The number of nitrogens with one attached hydrogen (secondary N) is 2. The van der Waals surface area contributed by atoms with Crippen molar-refractivity contribution in [2.75, 3.05) is 86.9 Å². The maximum Gasteiger partial charge on any atom is 0.233 e. The monoisotopic (exact) mass is 425 g/mol. The Morgan fingerprint density at radius 2 is 1.19 bits per heavy atom. The molecule has 166 valence electrons. The number of piperazine rings is 2. The third-order valence-electron chi connectivity index (χ3n) is 5.65. The van der Waals surface area contributed by atoms with Crippen molar-refractivity contribution >= 4 is 35.1 Å². The van der Waals surface area contributed by atoms with Crippen LogP contribution in [0.25, 0.3) is 0 Å². The number of hydrogen-bond donors (Lipinski definition) is 2. The van der Waals surface area contributed by atoms with Gasteiger partial charge in [0, 0.05) is 70.7 Å². The molecule has 2 aliphatic rings. The highest BCUT2D eigenvalue weighted by Crippen LogP contribution is 2.22. The summed E-state index contributed by atoms with van der Waals surface area (Å²) in [5, 5.41) is 6.09. The number of carbonyl (C=O) groups excluding carboxylic acids is 1. The van der Waals surface area contributed by atoms with Crippen LogP contribution in [0.1, 0.15) is 6.92 Å². The molecule has 0 bridgehead atoms. The van der Waals surface area contributed by atoms with E-state index in [4.69, 9.17) is 15.0 Å². The number of anilines is 5. The number of carbonyl (C=O) groups is 1. The van der Waals surface area contributed by atoms with E-state index in [-0.39, 0.29) is 5.91 Å². The molecule has 0 spiro atoms. The third-order valence-corrected chi connectivity index (χ3v) is 5.65. The van der Waals surface area contributed by atoms with E-state index in [1.165, 1.54) is 6.92 Å². The zero-order valence-electron chi connectivity index (χ0n) is 18.5. The first-order chi connectivity index (χ1) is 15.0. The van der Waals surface area contributed by atoms with Crippen LogP contribution < -0.4 is 20.4 Å². The topological polar surface area (TPSA) is 92.8 Å². The molecular weight excluding hydrogens is 394 g/mol. The van der Waals surface area contributed by atoms with Crippen LogP contribution in [-0.2, 0) is 4.79 Å². The quantitative estimate of drug-likeness (QED) is 0.730. The van der Waals surface area contributed by atoms with Gasteiger partial charge in [-0.1, -0.05) is 0 Å². The summed E-state index contributed by atoms with van der Waals surface area (Å²) in [4.78, 5) is 34.6. The predicted octanol–water partition coefficient (Wildman–Crippen LogP) is 1.08. The second-order valence-corrected chi connectivity index (χ2v) is 8.22. The molecule has 2 fully saturated rings. The second kappa shape index (κ2) is 9.44. The molecule has 1 aromatic carbocycles. The van der Waals surface area contributed by atoms with Crippen molar-refractivity contribution in [2.24, 2.45) is 0 Å². The molecule has 4 rings (SSSR count). The van der Waals surface area contributed by atoms with Crippen molar-refractivity contribution in [1.29, 1.82) is 0 Å². The first kappa shape index (κ1) is 21.3. The third kappa shape index (κ3) is 5.59. The smallest absolute Gasteiger partial charge is 0.233 e. The molecule has 2 aliphatic heterocycles. The number of benzene rings is 1. The van der Waals surface area contributed by atoms with Gasteiger partial charge in [0.2, 0.25) is 23.8 Å². The van der Waals surface area contributed by atoms with Crippen LogP contribution in [0, 0.1) is 0 Å². The van der Waals surface area contributed by atoms with Crippen molar-refractivity contribution in [3.05, 3.63) is 24.3 Å². The Hall–Kier alpha value is -2.98. The maximum atomic E-state index is 11.2. The Balaban J connectivity index is 1.57. The Morgan fingerprint density at radius 3 is 1.65 bits per heavy atom. The number of nitrogens with zero attached hydrogens (tertiary/aromatic N) is 7. The van der Waals surface area contributed by atoms with Crippen LogP contribution in [0.4, 0.5) is 29.2 Å². The lowest BCUT2D eigenvalue weighted by Crippen LogP contribution is -2.46. The molecule has 2 N–H and O–H groups in total. The average molecular weight is 426 g/mol. The first-order valence-corrected chi connectivity index (χ1v) is 10.7. The Kier molecular flexibility index (Phi) is 6.47. The van der Waals surface area contributed by atoms with Gasteiger partial charge in [0.15, 0.2) is 0 Å². The summed E-state index contributed by atoms with van der Waals surface area (Å²) in [6.45, 7) is 9.04. The molecule has 10 heteroatoms. The van der Waals surface area contributed by atoms with E-state index in [2.05, 4.69) is 44.3 Å². The highest BCUT2D eigenvalue weighted by molar-refractivity contribution is 5.88. The molecule has 0 radical (unpaired) electrons. The SMILES string of the molecule is CC(=O)Nc1ccc(Nc2nc(N3CCN(C)CC3)nc(N3CCN(C)CC3)n2)cc1. The molecular formula is C21H31N9O. The van der Waals surface area contributed by atoms with E-state index < -0.39 is 0 Å². The van der Waals surface area contributed by atoms with Crippen LogP contribution in [-0.4, -0.2) is 97.1 Å². The normalized spacial score (nSPS) is 18.2. The van der Waals surface area contributed by atoms with Crippen LogP contribution >= 0.6 is 0 Å². The number of likely N-dealkylation sites (N-methyl/N-ethyl adjacent to an activating group) is 2. The van der Waals surface area contributed by atoms with Crippen molar-refractivity contribution in [1.82, 2.24) is 24.8 Å². The van der Waals surface area contributed by atoms with Gasteiger partial charge in [-0.25, -0.2) is 0 Å². The highest BCUT2D eigenvalue weighted by Gasteiger charge is 2.22. The standard InChI is InChI=1S/C21H31N9O/c1-16(31)22-17-4-6-18(7-5-17)23-19-24-20(29-12-8-27(2)9-13-29)26-21(25-19)30-14-10-28(3)11-15-30/h4-7H,8-15H2,1-3H3,(H,22,31)(H,23,24,25,26). The summed E-state index contributed by atoms with van der Waals surface area (Å²) in [5.74, 6) is 1.88. The summed E-state index contributed by atoms with van der Waals surface area (Å²) < 4.78 is 0. The Bertz CT molecular complexity index is 848. The summed E-state index contributed by atoms with van der Waals surface area (Å²) in [7, 11) is 4.27. The van der Waals surface area contributed by atoms with Gasteiger partial charge in [0.25, 0.3) is 0 Å². The molecule has 10 nitrogen and oxygen atoms in total. The van der Waals surface area contributed by atoms with Gasteiger partial charge in [-0.05, 0) is 38.4 Å². The van der Waals surface area contributed by atoms with Gasteiger partial charge in [-0.2, -0.15) is 15.0 Å². The molecule has 0 atom stereocenters. The van der Waals surface area contributed by atoms with Gasteiger partial charge in [0.05, 0.1) is 0 Å². The minimum Gasteiger partial charge on any atom is -0.338 e. The molecule has 31 heavy (non-hydrogen) atoms. The van der Waals surface area contributed by atoms with E-state index >= 15 is 0 Å². The van der Waals surface area contributed by atoms with Gasteiger partial charge < -0.3 is 30.2 Å². The van der Waals surface area contributed by atoms with Crippen LogP contribution in [0.3, 0.4) is 0 Å². The summed E-state index contributed by atoms with van der Waals surface area (Å²) in [6, 6.07) is 7.52. The minimum absolute atomic E-state index is 0.0909. The van der Waals surface area contributed by atoms with Crippen LogP contribution in [0.5, 0.6) is 0 Å². The number of rotatable bonds is 5. The Labute approximate surface area is 183 Å². The van der Waals surface area contributed by atoms with Crippen molar-refractivity contribution < 1.29 is 4.79 Å². The lowest BCUT2D eigenvalue weighted by Gasteiger charge is -2.34. The van der Waals surface area contributed by atoms with E-state index in [0.717, 1.165) is 75.6 Å². The number of aromatic nitrogens is 3. The summed E-state index contributed by atoms with van der Waals surface area (Å²) in [6.07, 6.45) is 0. The van der Waals surface area contributed by atoms with Gasteiger partial charge >= 0.3 is 0 Å². The lowest BCUT2D eigenvalue weighted by atomic mass is 10.3. The molecule has 3 heterocycles. The number of hydrogen-bond acceptors (Lipinski definition) is 9. The van der Waals surface area contributed by atoms with Crippen molar-refractivity contribution in [3.8, 4) is 0 Å². The van der Waals surface area contributed by atoms with Crippen LogP contribution in [0.2, 0.25) is 0 Å². The fraction of sp³-hybridized carbons (Fsp3) is 0.524. The molecule has 0 unspecified atom stereocenters. The van der Waals surface area contributed by atoms with E-state index in [9.17, 15) is 4.79 Å². The van der Waals surface area contributed by atoms with E-state index in [0.29, 0.717) is 5.95 Å². The second-order valence-electron chi connectivity index (χ2n) is 8.22. The Morgan fingerprint density at radius 1 is 0.742 bits per heavy atom. The lowest BCUT2D eigenvalue weighted by molar-refractivity contribution is -0.114. The fourth-order valence-corrected chi connectivity index (χ4v) is 3.67. The van der Waals surface area contributed by atoms with Gasteiger partial charge in [-0.3, -0.25) is 4.79 Å². The predicted molar refractivity (Wildman–Crippen MR) is 123 cm³/mol. The van der Waals surface area contributed by atoms with E-state index in [1.54, 1.807) is 0 Å². The molecule has 2 saturated heterocycles. The zero-order valence-corrected chi connectivity index (χ0v) is 18.5. The maximum absolute atomic E-state index is 11.2. The first-order valence-electron chi connectivity index (χ1n) is 10.7. The molecule has 2 aromatic rings. The van der Waals surface area contributed by atoms with Gasteiger partial charge in [-0.15, -0.1) is 0 Å². The summed E-state index contributed by atoms with van der Waals surface area (Å²) >= 11 is 0. The molecule has 1 aromatic heterocycles. The molecule has 0 saturated carbocycles. The van der Waals surface area contributed by atoms with Gasteiger partial charge in [0.1, 0.15) is 0 Å². The van der Waals surface area contributed by atoms with E-state index in [1.807, 2.05) is 24.3 Å². The van der Waals surface area contributed by atoms with Crippen molar-refractivity contribution in [2.45, 2.75) is 6.92 Å². The number of amides is 1. The largest absolute Gasteiger partial charge is 0.338 e. The van der Waals surface area contributed by atoms with Crippen LogP contribution in [0.15, 0.2) is 24.3 Å². The highest BCUT2D eigenvalue weighted by atomic mass is 16.1.